The maximum atomic E-state index is 12.2. The Morgan fingerprint density at radius 3 is 2.61 bits per heavy atom. The summed E-state index contributed by atoms with van der Waals surface area (Å²) in [6, 6.07) is -0.0131. The molecule has 2 rings (SSSR count). The minimum Gasteiger partial charge on any atom is -0.459 e. The fourth-order valence-corrected chi connectivity index (χ4v) is 5.60. The van der Waals surface area contributed by atoms with E-state index in [1.165, 1.54) is 6.08 Å². The summed E-state index contributed by atoms with van der Waals surface area (Å²) in [7, 11) is -3.21. The Morgan fingerprint density at radius 1 is 1.22 bits per heavy atom. The van der Waals surface area contributed by atoms with Gasteiger partial charge < -0.3 is 4.74 Å². The van der Waals surface area contributed by atoms with Crippen LogP contribution in [0.5, 0.6) is 0 Å². The van der Waals surface area contributed by atoms with Gasteiger partial charge in [-0.25, -0.2) is 17.9 Å². The van der Waals surface area contributed by atoms with E-state index in [0.717, 1.165) is 44.9 Å². The Labute approximate surface area is 139 Å². The molecule has 1 N–H and O–H groups in total. The maximum absolute atomic E-state index is 12.2. The van der Waals surface area contributed by atoms with Crippen LogP contribution in [0.3, 0.4) is 0 Å². The highest BCUT2D eigenvalue weighted by molar-refractivity contribution is 7.89. The van der Waals surface area contributed by atoms with Crippen LogP contribution in [-0.4, -0.2) is 32.3 Å². The Bertz CT molecular complexity index is 517. The van der Waals surface area contributed by atoms with Gasteiger partial charge in [0.25, 0.3) is 0 Å². The van der Waals surface area contributed by atoms with Crippen molar-refractivity contribution in [2.24, 2.45) is 11.8 Å². The standard InChI is InChI=1S/C17H29NO4S/c1-3-5-12-23(20,21)18-15-10-6-9-14-13(15)8-7-11-16(14)22-17(19)4-2/h4,13-16,18H,2-3,5-12H2,1H3. The Hall–Kier alpha value is -0.880. The number of hydrogen-bond acceptors (Lipinski definition) is 4. The fraction of sp³-hybridized carbons (Fsp3) is 0.824. The molecule has 0 amide bonds. The first kappa shape index (κ1) is 18.5. The van der Waals surface area contributed by atoms with Gasteiger partial charge in [0.2, 0.25) is 10.0 Å². The van der Waals surface area contributed by atoms with Gasteiger partial charge in [-0.05, 0) is 44.4 Å². The third kappa shape index (κ3) is 5.05. The highest BCUT2D eigenvalue weighted by Gasteiger charge is 2.42. The SMILES string of the molecule is C=CC(=O)OC1CCCC2C(NS(=O)(=O)CCCC)CCCC12. The number of fused-ring (bicyclic) bond motifs is 1. The number of sulfonamides is 1. The molecule has 2 saturated carbocycles. The van der Waals surface area contributed by atoms with Gasteiger partial charge in [-0.15, -0.1) is 0 Å². The van der Waals surface area contributed by atoms with Crippen molar-refractivity contribution in [3.8, 4) is 0 Å². The van der Waals surface area contributed by atoms with E-state index < -0.39 is 10.0 Å². The second-order valence-corrected chi connectivity index (χ2v) is 8.64. The third-order valence-corrected chi connectivity index (χ3v) is 6.64. The normalized spacial score (nSPS) is 31.2. The summed E-state index contributed by atoms with van der Waals surface area (Å²) >= 11 is 0. The first-order valence-corrected chi connectivity index (χ1v) is 10.4. The number of nitrogens with one attached hydrogen (secondary N) is 1. The summed E-state index contributed by atoms with van der Waals surface area (Å²) in [6.07, 6.45) is 8.39. The monoisotopic (exact) mass is 343 g/mol. The molecule has 0 aromatic rings. The molecule has 2 aliphatic rings. The summed E-state index contributed by atoms with van der Waals surface area (Å²) in [5, 5.41) is 0. The van der Waals surface area contributed by atoms with Gasteiger partial charge in [-0.3, -0.25) is 0 Å². The second kappa shape index (κ2) is 8.29. The molecule has 132 valence electrons. The number of rotatable bonds is 7. The van der Waals surface area contributed by atoms with Crippen molar-refractivity contribution in [3.63, 3.8) is 0 Å². The van der Waals surface area contributed by atoms with Gasteiger partial charge in [0, 0.05) is 18.0 Å². The van der Waals surface area contributed by atoms with Crippen LogP contribution >= 0.6 is 0 Å². The molecule has 0 spiro atoms. The summed E-state index contributed by atoms with van der Waals surface area (Å²) in [5.74, 6) is 0.366. The van der Waals surface area contributed by atoms with Crippen LogP contribution in [0.15, 0.2) is 12.7 Å². The topological polar surface area (TPSA) is 72.5 Å². The van der Waals surface area contributed by atoms with Crippen molar-refractivity contribution in [1.29, 1.82) is 0 Å². The molecular formula is C17H29NO4S. The van der Waals surface area contributed by atoms with E-state index in [1.807, 2.05) is 6.92 Å². The summed E-state index contributed by atoms with van der Waals surface area (Å²) in [5.41, 5.74) is 0. The van der Waals surface area contributed by atoms with Crippen molar-refractivity contribution in [2.45, 2.75) is 70.4 Å². The molecule has 0 aromatic carbocycles. The van der Waals surface area contributed by atoms with Crippen molar-refractivity contribution < 1.29 is 17.9 Å². The molecule has 6 heteroatoms. The molecule has 0 aromatic heterocycles. The quantitative estimate of drug-likeness (QED) is 0.570. The Balaban J connectivity index is 2.03. The largest absolute Gasteiger partial charge is 0.459 e. The average molecular weight is 343 g/mol. The summed E-state index contributed by atoms with van der Waals surface area (Å²) < 4.78 is 32.9. The molecule has 5 nitrogen and oxygen atoms in total. The highest BCUT2D eigenvalue weighted by atomic mass is 32.2. The van der Waals surface area contributed by atoms with Crippen molar-refractivity contribution >= 4 is 16.0 Å². The molecule has 0 bridgehead atoms. The van der Waals surface area contributed by atoms with Crippen LogP contribution in [0.25, 0.3) is 0 Å². The van der Waals surface area contributed by atoms with Gasteiger partial charge in [-0.1, -0.05) is 26.3 Å². The molecule has 4 unspecified atom stereocenters. The maximum Gasteiger partial charge on any atom is 0.330 e. The minimum absolute atomic E-state index is 0.0131. The highest BCUT2D eigenvalue weighted by Crippen LogP contribution is 2.42. The van der Waals surface area contributed by atoms with Crippen LogP contribution in [0.1, 0.15) is 58.3 Å². The van der Waals surface area contributed by atoms with E-state index in [2.05, 4.69) is 11.3 Å². The van der Waals surface area contributed by atoms with E-state index in [0.29, 0.717) is 6.42 Å². The zero-order valence-electron chi connectivity index (χ0n) is 14.0. The number of carbonyl (C=O) groups is 1. The number of esters is 1. The lowest BCUT2D eigenvalue weighted by Gasteiger charge is -2.44. The molecule has 23 heavy (non-hydrogen) atoms. The zero-order chi connectivity index (χ0) is 16.9. The first-order valence-electron chi connectivity index (χ1n) is 8.80. The minimum atomic E-state index is -3.21. The van der Waals surface area contributed by atoms with Crippen molar-refractivity contribution in [1.82, 2.24) is 4.72 Å². The Morgan fingerprint density at radius 2 is 1.91 bits per heavy atom. The van der Waals surface area contributed by atoms with E-state index in [4.69, 9.17) is 4.74 Å². The van der Waals surface area contributed by atoms with Gasteiger partial charge in [-0.2, -0.15) is 0 Å². The second-order valence-electron chi connectivity index (χ2n) is 6.77. The van der Waals surface area contributed by atoms with Gasteiger partial charge in [0.05, 0.1) is 5.75 Å². The van der Waals surface area contributed by atoms with Crippen molar-refractivity contribution in [2.75, 3.05) is 5.75 Å². The molecule has 2 aliphatic carbocycles. The molecule has 4 atom stereocenters. The average Bonchev–Trinajstić information content (AvgIpc) is 2.53. The summed E-state index contributed by atoms with van der Waals surface area (Å²) in [6.45, 7) is 5.45. The van der Waals surface area contributed by atoms with Crippen LogP contribution in [-0.2, 0) is 19.6 Å². The van der Waals surface area contributed by atoms with Crippen LogP contribution in [0.4, 0.5) is 0 Å². The smallest absolute Gasteiger partial charge is 0.330 e. The first-order chi connectivity index (χ1) is 11.0. The zero-order valence-corrected chi connectivity index (χ0v) is 14.8. The van der Waals surface area contributed by atoms with Gasteiger partial charge in [0.1, 0.15) is 6.10 Å². The van der Waals surface area contributed by atoms with Crippen molar-refractivity contribution in [3.05, 3.63) is 12.7 Å². The molecule has 2 fully saturated rings. The molecule has 0 heterocycles. The predicted octanol–water partition coefficient (Wildman–Crippen LogP) is 2.77. The van der Waals surface area contributed by atoms with Crippen LogP contribution in [0, 0.1) is 11.8 Å². The molecule has 0 radical (unpaired) electrons. The number of hydrogen-bond donors (Lipinski definition) is 1. The lowest BCUT2D eigenvalue weighted by atomic mass is 9.67. The molecular weight excluding hydrogens is 314 g/mol. The third-order valence-electron chi connectivity index (χ3n) is 5.15. The van der Waals surface area contributed by atoms with E-state index >= 15 is 0 Å². The Kier molecular flexibility index (Phi) is 6.65. The lowest BCUT2D eigenvalue weighted by Crippen LogP contribution is -2.50. The van der Waals surface area contributed by atoms with Gasteiger partial charge in [0.15, 0.2) is 0 Å². The van der Waals surface area contributed by atoms with Crippen LogP contribution in [0.2, 0.25) is 0 Å². The van der Waals surface area contributed by atoms with Crippen LogP contribution < -0.4 is 4.72 Å². The van der Waals surface area contributed by atoms with E-state index in [-0.39, 0.29) is 35.7 Å². The van der Waals surface area contributed by atoms with Gasteiger partial charge >= 0.3 is 5.97 Å². The molecule has 0 aliphatic heterocycles. The van der Waals surface area contributed by atoms with E-state index in [9.17, 15) is 13.2 Å². The molecule has 0 saturated heterocycles. The fourth-order valence-electron chi connectivity index (χ4n) is 4.06. The predicted molar refractivity (Wildman–Crippen MR) is 90.4 cm³/mol. The lowest BCUT2D eigenvalue weighted by molar-refractivity contribution is -0.150. The number of unbranched alkanes of at least 4 members (excludes halogenated alkanes) is 1. The van der Waals surface area contributed by atoms with E-state index in [1.54, 1.807) is 0 Å². The number of ether oxygens (including phenoxy) is 1. The number of carbonyl (C=O) groups excluding carboxylic acids is 1. The summed E-state index contributed by atoms with van der Waals surface area (Å²) in [4.78, 5) is 11.5.